The van der Waals surface area contributed by atoms with Gasteiger partial charge >= 0.3 is 5.97 Å². The van der Waals surface area contributed by atoms with Crippen LogP contribution in [0, 0.1) is 11.3 Å². The van der Waals surface area contributed by atoms with Crippen LogP contribution in [0.15, 0.2) is 0 Å². The van der Waals surface area contributed by atoms with Crippen LogP contribution < -0.4 is 0 Å². The number of hydrogen-bond acceptors (Lipinski definition) is 3. The highest BCUT2D eigenvalue weighted by atomic mass is 16.6. The van der Waals surface area contributed by atoms with Gasteiger partial charge in [-0.2, -0.15) is 0 Å². The molecule has 0 amide bonds. The first-order chi connectivity index (χ1) is 6.87. The lowest BCUT2D eigenvalue weighted by molar-refractivity contribution is -0.180. The van der Waals surface area contributed by atoms with Crippen LogP contribution in [0.5, 0.6) is 0 Å². The van der Waals surface area contributed by atoms with E-state index in [1.807, 2.05) is 13.8 Å². The van der Waals surface area contributed by atoms with Crippen molar-refractivity contribution in [3.8, 4) is 0 Å². The number of esters is 1. The van der Waals surface area contributed by atoms with Crippen molar-refractivity contribution >= 4 is 5.97 Å². The predicted octanol–water partition coefficient (Wildman–Crippen LogP) is 1.88. The Morgan fingerprint density at radius 3 is 2.60 bits per heavy atom. The maximum atomic E-state index is 11.4. The molecule has 86 valence electrons. The summed E-state index contributed by atoms with van der Waals surface area (Å²) in [7, 11) is 0. The van der Waals surface area contributed by atoms with Crippen LogP contribution in [0.25, 0.3) is 0 Å². The van der Waals surface area contributed by atoms with Crippen molar-refractivity contribution in [3.05, 3.63) is 0 Å². The maximum Gasteiger partial charge on any atom is 0.307 e. The van der Waals surface area contributed by atoms with Gasteiger partial charge in [-0.1, -0.05) is 20.8 Å². The summed E-state index contributed by atoms with van der Waals surface area (Å²) >= 11 is 0. The van der Waals surface area contributed by atoms with Gasteiger partial charge in [0.25, 0.3) is 0 Å². The Morgan fingerprint density at radius 2 is 2.13 bits per heavy atom. The second-order valence-corrected chi connectivity index (χ2v) is 5.82. The molecule has 0 bridgehead atoms. The molecule has 1 saturated heterocycles. The van der Waals surface area contributed by atoms with Gasteiger partial charge in [0.1, 0.15) is 5.60 Å². The zero-order valence-electron chi connectivity index (χ0n) is 9.75. The highest BCUT2D eigenvalue weighted by molar-refractivity contribution is 5.74. The lowest BCUT2D eigenvalue weighted by atomic mass is 9.64. The van der Waals surface area contributed by atoms with Gasteiger partial charge < -0.3 is 9.84 Å². The number of carbonyl (C=O) groups excluding carboxylic acids is 1. The topological polar surface area (TPSA) is 46.5 Å². The number of ether oxygens (including phenoxy) is 1. The number of aliphatic hydroxyl groups is 1. The molecule has 2 aliphatic rings. The zero-order chi connectivity index (χ0) is 11.3. The molecule has 1 aliphatic carbocycles. The Labute approximate surface area is 90.8 Å². The highest BCUT2D eigenvalue weighted by Crippen LogP contribution is 2.52. The number of hydrogen-bond donors (Lipinski definition) is 1. The second kappa shape index (κ2) is 3.21. The third-order valence-corrected chi connectivity index (χ3v) is 4.20. The van der Waals surface area contributed by atoms with E-state index in [4.69, 9.17) is 4.74 Å². The Bertz CT molecular complexity index is 285. The summed E-state index contributed by atoms with van der Waals surface area (Å²) in [5, 5.41) is 10.2. The van der Waals surface area contributed by atoms with Crippen molar-refractivity contribution in [2.75, 3.05) is 0 Å². The van der Waals surface area contributed by atoms with Crippen molar-refractivity contribution in [2.24, 2.45) is 11.3 Å². The summed E-state index contributed by atoms with van der Waals surface area (Å²) in [6.07, 6.45) is 2.51. The molecule has 2 fully saturated rings. The number of aliphatic hydroxyl groups excluding tert-OH is 1. The van der Waals surface area contributed by atoms with Gasteiger partial charge in [0.2, 0.25) is 0 Å². The van der Waals surface area contributed by atoms with Gasteiger partial charge in [0.15, 0.2) is 0 Å². The summed E-state index contributed by atoms with van der Waals surface area (Å²) in [5.74, 6) is 0.370. The van der Waals surface area contributed by atoms with Crippen LogP contribution in [0.4, 0.5) is 0 Å². The Morgan fingerprint density at radius 1 is 1.47 bits per heavy atom. The summed E-state index contributed by atoms with van der Waals surface area (Å²) in [5.41, 5.74) is -0.847. The molecule has 0 unspecified atom stereocenters. The van der Waals surface area contributed by atoms with Gasteiger partial charge in [-0.15, -0.1) is 0 Å². The first-order valence-corrected chi connectivity index (χ1v) is 5.77. The van der Waals surface area contributed by atoms with Crippen LogP contribution in [0.1, 0.15) is 46.5 Å². The molecule has 3 atom stereocenters. The minimum Gasteiger partial charge on any atom is -0.456 e. The molecule has 2 rings (SSSR count). The predicted molar refractivity (Wildman–Crippen MR) is 56.2 cm³/mol. The average molecular weight is 212 g/mol. The fourth-order valence-electron chi connectivity index (χ4n) is 3.11. The van der Waals surface area contributed by atoms with Gasteiger partial charge in [-0.3, -0.25) is 4.79 Å². The van der Waals surface area contributed by atoms with E-state index in [2.05, 4.69) is 6.92 Å². The van der Waals surface area contributed by atoms with Crippen LogP contribution in [-0.2, 0) is 9.53 Å². The molecule has 0 aromatic heterocycles. The molecule has 15 heavy (non-hydrogen) atoms. The first-order valence-electron chi connectivity index (χ1n) is 5.77. The third-order valence-electron chi connectivity index (χ3n) is 4.20. The van der Waals surface area contributed by atoms with Crippen LogP contribution in [0.3, 0.4) is 0 Å². The minimum absolute atomic E-state index is 0.159. The lowest BCUT2D eigenvalue weighted by Gasteiger charge is -2.46. The molecule has 1 spiro atoms. The first kappa shape index (κ1) is 10.9. The number of rotatable bonds is 0. The van der Waals surface area contributed by atoms with Crippen molar-refractivity contribution in [1.29, 1.82) is 0 Å². The van der Waals surface area contributed by atoms with E-state index < -0.39 is 11.7 Å². The highest BCUT2D eigenvalue weighted by Gasteiger charge is 2.60. The lowest BCUT2D eigenvalue weighted by Crippen LogP contribution is -2.54. The van der Waals surface area contributed by atoms with E-state index in [9.17, 15) is 9.90 Å². The van der Waals surface area contributed by atoms with Gasteiger partial charge in [-0.25, -0.2) is 0 Å². The maximum absolute atomic E-state index is 11.4. The number of carbonyl (C=O) groups is 1. The van der Waals surface area contributed by atoms with E-state index in [-0.39, 0.29) is 11.4 Å². The molecule has 3 heteroatoms. The molecule has 1 N–H and O–H groups in total. The van der Waals surface area contributed by atoms with E-state index in [1.54, 1.807) is 0 Å². The summed E-state index contributed by atoms with van der Waals surface area (Å²) in [6.45, 7) is 6.19. The fraction of sp³-hybridized carbons (Fsp3) is 0.917. The Hall–Kier alpha value is -0.570. The van der Waals surface area contributed by atoms with E-state index >= 15 is 0 Å². The van der Waals surface area contributed by atoms with Gasteiger partial charge in [0, 0.05) is 5.41 Å². The van der Waals surface area contributed by atoms with E-state index in [1.165, 1.54) is 0 Å². The Balaban J connectivity index is 2.29. The van der Waals surface area contributed by atoms with Crippen molar-refractivity contribution < 1.29 is 14.6 Å². The zero-order valence-corrected chi connectivity index (χ0v) is 9.75. The largest absolute Gasteiger partial charge is 0.456 e. The van der Waals surface area contributed by atoms with Gasteiger partial charge in [0.05, 0.1) is 12.5 Å². The molecule has 0 aromatic rings. The standard InChI is InChI=1S/C12H20O3/c1-8-4-5-12(9(13)6-8)11(2,3)7-10(14)15-12/h8-9,13H,4-7H2,1-3H3/t8-,9-,12-/m1/s1. The molecule has 0 radical (unpaired) electrons. The molecule has 3 nitrogen and oxygen atoms in total. The molecular formula is C12H20O3. The molecule has 1 aliphatic heterocycles. The average Bonchev–Trinajstić information content (AvgIpc) is 2.30. The van der Waals surface area contributed by atoms with E-state index in [0.717, 1.165) is 19.3 Å². The third kappa shape index (κ3) is 1.48. The SMILES string of the molecule is C[C@@H]1CC[C@@]2(OC(=O)CC2(C)C)[C@H](O)C1. The summed E-state index contributed by atoms with van der Waals surface area (Å²) < 4.78 is 5.48. The van der Waals surface area contributed by atoms with E-state index in [0.29, 0.717) is 12.3 Å². The fourth-order valence-corrected chi connectivity index (χ4v) is 3.11. The van der Waals surface area contributed by atoms with Crippen molar-refractivity contribution in [2.45, 2.75) is 58.2 Å². The van der Waals surface area contributed by atoms with Gasteiger partial charge in [-0.05, 0) is 25.2 Å². The minimum atomic E-state index is -0.614. The van der Waals surface area contributed by atoms with Crippen molar-refractivity contribution in [1.82, 2.24) is 0 Å². The monoisotopic (exact) mass is 212 g/mol. The van der Waals surface area contributed by atoms with Crippen molar-refractivity contribution in [3.63, 3.8) is 0 Å². The molecule has 1 heterocycles. The molecule has 0 aromatic carbocycles. The molecule has 1 saturated carbocycles. The quantitative estimate of drug-likeness (QED) is 0.624. The molecular weight excluding hydrogens is 192 g/mol. The summed E-state index contributed by atoms with van der Waals surface area (Å²) in [6, 6.07) is 0. The van der Waals surface area contributed by atoms with Crippen LogP contribution in [-0.4, -0.2) is 22.8 Å². The second-order valence-electron chi connectivity index (χ2n) is 5.82. The summed E-state index contributed by atoms with van der Waals surface area (Å²) in [4.78, 5) is 11.4. The normalized spacial score (nSPS) is 44.4. The van der Waals surface area contributed by atoms with Crippen LogP contribution >= 0.6 is 0 Å². The van der Waals surface area contributed by atoms with Crippen LogP contribution in [0.2, 0.25) is 0 Å². The smallest absolute Gasteiger partial charge is 0.307 e. The Kier molecular flexibility index (Phi) is 2.34.